The number of imidazole rings is 1. The van der Waals surface area contributed by atoms with Gasteiger partial charge >= 0.3 is 6.09 Å². The maximum Gasteiger partial charge on any atom is 0.407 e. The van der Waals surface area contributed by atoms with E-state index in [2.05, 4.69) is 41.9 Å². The number of nitrogens with zero attached hydrogens (tertiary/aromatic N) is 2. The zero-order valence-electron chi connectivity index (χ0n) is 13.4. The molecule has 0 aromatic carbocycles. The fourth-order valence-electron chi connectivity index (χ4n) is 1.96. The minimum Gasteiger partial charge on any atom is -0.453 e. The molecule has 0 fully saturated rings. The van der Waals surface area contributed by atoms with Gasteiger partial charge in [-0.05, 0) is 21.8 Å². The maximum absolute atomic E-state index is 12.8. The standard InChI is InChI=1S/C15H21BrN4O3/c1-5-6-7-20(9-12-17-8-11(16)18-12)14(21)13(10(2)3)19-15(22)23-4/h1,8,10,13H,6-7,9H2,2-4H3,(H,17,18)(H,19,22)/t13-/m0/s1. The molecule has 0 radical (unpaired) electrons. The van der Waals surface area contributed by atoms with Gasteiger partial charge in [0.2, 0.25) is 5.91 Å². The molecule has 0 bridgehead atoms. The SMILES string of the molecule is C#CCCN(Cc1ncc(Br)[nH]1)C(=O)[C@@H](NC(=O)OC)C(C)C. The van der Waals surface area contributed by atoms with E-state index in [1.54, 1.807) is 11.1 Å². The average Bonchev–Trinajstić information content (AvgIpc) is 2.92. The summed E-state index contributed by atoms with van der Waals surface area (Å²) in [6.45, 7) is 4.35. The second-order valence-electron chi connectivity index (χ2n) is 5.25. The average molecular weight is 385 g/mol. The van der Waals surface area contributed by atoms with Gasteiger partial charge in [0.25, 0.3) is 0 Å². The molecule has 0 aliphatic rings. The molecule has 1 aromatic heterocycles. The molecule has 1 aromatic rings. The van der Waals surface area contributed by atoms with Gasteiger partial charge < -0.3 is 19.9 Å². The highest BCUT2D eigenvalue weighted by Crippen LogP contribution is 2.12. The Hall–Kier alpha value is -2.01. The van der Waals surface area contributed by atoms with Crippen molar-refractivity contribution in [2.75, 3.05) is 13.7 Å². The molecule has 0 saturated heterocycles. The molecule has 0 aliphatic carbocycles. The van der Waals surface area contributed by atoms with Crippen LogP contribution in [0.15, 0.2) is 10.8 Å². The first-order chi connectivity index (χ1) is 10.9. The van der Waals surface area contributed by atoms with E-state index in [0.29, 0.717) is 18.8 Å². The van der Waals surface area contributed by atoms with Gasteiger partial charge in [-0.15, -0.1) is 12.3 Å². The van der Waals surface area contributed by atoms with Gasteiger partial charge in [-0.3, -0.25) is 4.79 Å². The lowest BCUT2D eigenvalue weighted by molar-refractivity contribution is -0.135. The Labute approximate surface area is 144 Å². The Morgan fingerprint density at radius 2 is 2.26 bits per heavy atom. The van der Waals surface area contributed by atoms with Crippen LogP contribution in [0, 0.1) is 18.3 Å². The summed E-state index contributed by atoms with van der Waals surface area (Å²) >= 11 is 3.28. The number of ether oxygens (including phenoxy) is 1. The number of aromatic amines is 1. The van der Waals surface area contributed by atoms with E-state index in [-0.39, 0.29) is 18.4 Å². The molecule has 1 atom stereocenters. The predicted octanol–water partition coefficient (Wildman–Crippen LogP) is 1.90. The van der Waals surface area contributed by atoms with Crippen LogP contribution in [0.1, 0.15) is 26.1 Å². The van der Waals surface area contributed by atoms with Crippen molar-refractivity contribution in [2.45, 2.75) is 32.9 Å². The molecular formula is C15H21BrN4O3. The van der Waals surface area contributed by atoms with Crippen LogP contribution in [0.2, 0.25) is 0 Å². The maximum atomic E-state index is 12.8. The van der Waals surface area contributed by atoms with E-state index in [4.69, 9.17) is 6.42 Å². The van der Waals surface area contributed by atoms with Gasteiger partial charge in [-0.2, -0.15) is 0 Å². The van der Waals surface area contributed by atoms with Crippen molar-refractivity contribution in [2.24, 2.45) is 5.92 Å². The van der Waals surface area contributed by atoms with E-state index < -0.39 is 12.1 Å². The fraction of sp³-hybridized carbons (Fsp3) is 0.533. The van der Waals surface area contributed by atoms with Gasteiger partial charge in [0.15, 0.2) is 0 Å². The predicted molar refractivity (Wildman–Crippen MR) is 89.3 cm³/mol. The summed E-state index contributed by atoms with van der Waals surface area (Å²) in [7, 11) is 1.26. The quantitative estimate of drug-likeness (QED) is 0.702. The number of carbonyl (C=O) groups excluding carboxylic acids is 2. The topological polar surface area (TPSA) is 87.3 Å². The van der Waals surface area contributed by atoms with Crippen LogP contribution in [0.3, 0.4) is 0 Å². The summed E-state index contributed by atoms with van der Waals surface area (Å²) in [6.07, 6.45) is 6.69. The number of amides is 2. The van der Waals surface area contributed by atoms with Gasteiger partial charge in [0, 0.05) is 13.0 Å². The number of H-pyrrole nitrogens is 1. The summed E-state index contributed by atoms with van der Waals surface area (Å²) in [5, 5.41) is 2.57. The minimum absolute atomic E-state index is 0.0988. The lowest BCUT2D eigenvalue weighted by atomic mass is 10.0. The number of methoxy groups -OCH3 is 1. The third-order valence-electron chi connectivity index (χ3n) is 3.17. The van der Waals surface area contributed by atoms with E-state index in [1.807, 2.05) is 13.8 Å². The third-order valence-corrected chi connectivity index (χ3v) is 3.57. The molecule has 0 saturated carbocycles. The molecule has 8 heteroatoms. The third kappa shape index (κ3) is 5.94. The lowest BCUT2D eigenvalue weighted by Crippen LogP contribution is -2.51. The lowest BCUT2D eigenvalue weighted by Gasteiger charge is -2.28. The van der Waals surface area contributed by atoms with Crippen molar-refractivity contribution in [3.05, 3.63) is 16.6 Å². The first-order valence-electron chi connectivity index (χ1n) is 7.15. The second-order valence-corrected chi connectivity index (χ2v) is 6.10. The molecule has 2 amide bonds. The van der Waals surface area contributed by atoms with Crippen molar-refractivity contribution in [1.82, 2.24) is 20.2 Å². The number of rotatable bonds is 7. The molecule has 0 aliphatic heterocycles. The summed E-state index contributed by atoms with van der Waals surface area (Å²) in [4.78, 5) is 33.0. The van der Waals surface area contributed by atoms with E-state index >= 15 is 0 Å². The number of carbonyl (C=O) groups is 2. The number of nitrogens with one attached hydrogen (secondary N) is 2. The van der Waals surface area contributed by atoms with Crippen LogP contribution >= 0.6 is 15.9 Å². The zero-order chi connectivity index (χ0) is 17.4. The number of aromatic nitrogens is 2. The van der Waals surface area contributed by atoms with Crippen molar-refractivity contribution >= 4 is 27.9 Å². The van der Waals surface area contributed by atoms with Crippen molar-refractivity contribution in [3.8, 4) is 12.3 Å². The number of halogens is 1. The molecule has 7 nitrogen and oxygen atoms in total. The summed E-state index contributed by atoms with van der Waals surface area (Å²) < 4.78 is 5.31. The normalized spacial score (nSPS) is 11.7. The number of alkyl carbamates (subject to hydrolysis) is 1. The largest absolute Gasteiger partial charge is 0.453 e. The molecule has 1 heterocycles. The van der Waals surface area contributed by atoms with Crippen LogP contribution in [0.5, 0.6) is 0 Å². The van der Waals surface area contributed by atoms with Crippen molar-refractivity contribution < 1.29 is 14.3 Å². The first-order valence-corrected chi connectivity index (χ1v) is 7.94. The Bertz CT molecular complexity index is 580. The molecule has 126 valence electrons. The summed E-state index contributed by atoms with van der Waals surface area (Å²) in [5.74, 6) is 2.82. The van der Waals surface area contributed by atoms with Crippen LogP contribution in [0.25, 0.3) is 0 Å². The van der Waals surface area contributed by atoms with Gasteiger partial charge in [0.05, 0.1) is 19.9 Å². The van der Waals surface area contributed by atoms with Crippen LogP contribution in [0.4, 0.5) is 4.79 Å². The smallest absolute Gasteiger partial charge is 0.407 e. The second kappa shape index (κ2) is 9.20. The van der Waals surface area contributed by atoms with Gasteiger partial charge in [-0.1, -0.05) is 13.8 Å². The molecular weight excluding hydrogens is 364 g/mol. The Balaban J connectivity index is 2.91. The highest BCUT2D eigenvalue weighted by atomic mass is 79.9. The molecule has 23 heavy (non-hydrogen) atoms. The Kier molecular flexibility index (Phi) is 7.62. The summed E-state index contributed by atoms with van der Waals surface area (Å²) in [5.41, 5.74) is 0. The van der Waals surface area contributed by atoms with Gasteiger partial charge in [-0.25, -0.2) is 9.78 Å². The Morgan fingerprint density at radius 3 is 2.74 bits per heavy atom. The minimum atomic E-state index is -0.696. The van der Waals surface area contributed by atoms with E-state index in [0.717, 1.165) is 4.60 Å². The zero-order valence-corrected chi connectivity index (χ0v) is 15.0. The highest BCUT2D eigenvalue weighted by molar-refractivity contribution is 9.10. The molecule has 2 N–H and O–H groups in total. The summed E-state index contributed by atoms with van der Waals surface area (Å²) in [6, 6.07) is -0.696. The molecule has 0 unspecified atom stereocenters. The number of hydrogen-bond donors (Lipinski definition) is 2. The van der Waals surface area contributed by atoms with Crippen LogP contribution in [-0.2, 0) is 16.1 Å². The van der Waals surface area contributed by atoms with Crippen LogP contribution in [-0.4, -0.2) is 46.6 Å². The fourth-order valence-corrected chi connectivity index (χ4v) is 2.29. The van der Waals surface area contributed by atoms with E-state index in [9.17, 15) is 9.59 Å². The molecule has 0 spiro atoms. The highest BCUT2D eigenvalue weighted by Gasteiger charge is 2.29. The van der Waals surface area contributed by atoms with Crippen LogP contribution < -0.4 is 5.32 Å². The van der Waals surface area contributed by atoms with Crippen molar-refractivity contribution in [3.63, 3.8) is 0 Å². The number of terminal acetylenes is 1. The van der Waals surface area contributed by atoms with E-state index in [1.165, 1.54) is 7.11 Å². The Morgan fingerprint density at radius 1 is 1.57 bits per heavy atom. The van der Waals surface area contributed by atoms with Crippen molar-refractivity contribution in [1.29, 1.82) is 0 Å². The first kappa shape index (κ1) is 19.0. The number of hydrogen-bond acceptors (Lipinski definition) is 4. The van der Waals surface area contributed by atoms with Gasteiger partial charge in [0.1, 0.15) is 16.5 Å². The molecule has 1 rings (SSSR count). The monoisotopic (exact) mass is 384 g/mol.